The molecule has 1 aliphatic rings. The van der Waals surface area contributed by atoms with Crippen LogP contribution in [0.15, 0.2) is 42.5 Å². The molecule has 0 unspecified atom stereocenters. The molecule has 0 aromatic heterocycles. The van der Waals surface area contributed by atoms with Crippen LogP contribution in [0.1, 0.15) is 5.56 Å². The Kier molecular flexibility index (Phi) is 5.11. The summed E-state index contributed by atoms with van der Waals surface area (Å²) in [5.41, 5.74) is 0.702. The number of urea groups is 1. The average molecular weight is 363 g/mol. The van der Waals surface area contributed by atoms with E-state index in [1.807, 2.05) is 0 Å². The first-order chi connectivity index (χ1) is 12.4. The van der Waals surface area contributed by atoms with Crippen LogP contribution in [-0.2, 0) is 11.3 Å². The topological polar surface area (TPSA) is 52.7 Å². The van der Waals surface area contributed by atoms with Gasteiger partial charge in [-0.15, -0.1) is 0 Å². The van der Waals surface area contributed by atoms with E-state index >= 15 is 0 Å². The standard InChI is InChI=1S/C18H16F3N3O2/c19-13-3-5-15(6-4-13)24-8-7-23(18(24)26)11-17(25)22-10-12-1-2-14(20)9-16(12)21/h1-6,9H,7-8,10-11H2,(H,22,25). The number of anilines is 1. The molecule has 0 saturated carbocycles. The third-order valence-corrected chi connectivity index (χ3v) is 4.06. The maximum Gasteiger partial charge on any atom is 0.325 e. The first-order valence-corrected chi connectivity index (χ1v) is 7.96. The van der Waals surface area contributed by atoms with Crippen LogP contribution < -0.4 is 10.2 Å². The van der Waals surface area contributed by atoms with Gasteiger partial charge in [0, 0.05) is 37.0 Å². The normalized spacial score (nSPS) is 14.0. The van der Waals surface area contributed by atoms with Gasteiger partial charge in [-0.2, -0.15) is 0 Å². The van der Waals surface area contributed by atoms with Crippen LogP contribution in [-0.4, -0.2) is 36.5 Å². The fraction of sp³-hybridized carbons (Fsp3) is 0.222. The fourth-order valence-corrected chi connectivity index (χ4v) is 2.68. The van der Waals surface area contributed by atoms with Crippen molar-refractivity contribution in [3.8, 4) is 0 Å². The van der Waals surface area contributed by atoms with Gasteiger partial charge in [0.05, 0.1) is 0 Å². The number of carbonyl (C=O) groups excluding carboxylic acids is 2. The van der Waals surface area contributed by atoms with Crippen LogP contribution >= 0.6 is 0 Å². The van der Waals surface area contributed by atoms with Gasteiger partial charge in [0.1, 0.15) is 24.0 Å². The van der Waals surface area contributed by atoms with Gasteiger partial charge in [-0.3, -0.25) is 9.69 Å². The molecule has 5 nitrogen and oxygen atoms in total. The number of hydrogen-bond donors (Lipinski definition) is 1. The third-order valence-electron chi connectivity index (χ3n) is 4.06. The van der Waals surface area contributed by atoms with Crippen LogP contribution in [0.25, 0.3) is 0 Å². The molecule has 26 heavy (non-hydrogen) atoms. The number of rotatable bonds is 5. The first kappa shape index (κ1) is 17.8. The second-order valence-corrected chi connectivity index (χ2v) is 5.84. The molecule has 1 N–H and O–H groups in total. The van der Waals surface area contributed by atoms with Gasteiger partial charge in [0.2, 0.25) is 5.91 Å². The van der Waals surface area contributed by atoms with Crippen LogP contribution in [0.5, 0.6) is 0 Å². The Labute approximate surface area is 148 Å². The molecule has 1 fully saturated rings. The van der Waals surface area contributed by atoms with Crippen LogP contribution in [0.2, 0.25) is 0 Å². The van der Waals surface area contributed by atoms with E-state index in [-0.39, 0.29) is 24.7 Å². The zero-order valence-corrected chi connectivity index (χ0v) is 13.7. The van der Waals surface area contributed by atoms with Crippen molar-refractivity contribution in [3.63, 3.8) is 0 Å². The highest BCUT2D eigenvalue weighted by Gasteiger charge is 2.30. The summed E-state index contributed by atoms with van der Waals surface area (Å²) in [6.45, 7) is 0.437. The van der Waals surface area contributed by atoms with Gasteiger partial charge >= 0.3 is 6.03 Å². The van der Waals surface area contributed by atoms with Crippen molar-refractivity contribution in [2.24, 2.45) is 0 Å². The van der Waals surface area contributed by atoms with Gasteiger partial charge in [-0.05, 0) is 30.3 Å². The van der Waals surface area contributed by atoms with Gasteiger partial charge in [0.25, 0.3) is 0 Å². The number of carbonyl (C=O) groups is 2. The fourth-order valence-electron chi connectivity index (χ4n) is 2.68. The molecule has 136 valence electrons. The van der Waals surface area contributed by atoms with Crippen LogP contribution in [0, 0.1) is 17.5 Å². The van der Waals surface area contributed by atoms with Crippen molar-refractivity contribution in [2.75, 3.05) is 24.5 Å². The highest BCUT2D eigenvalue weighted by atomic mass is 19.1. The van der Waals surface area contributed by atoms with Crippen molar-refractivity contribution < 1.29 is 22.8 Å². The lowest BCUT2D eigenvalue weighted by Crippen LogP contribution is -2.39. The largest absolute Gasteiger partial charge is 0.350 e. The molecule has 0 spiro atoms. The summed E-state index contributed by atoms with van der Waals surface area (Å²) >= 11 is 0. The lowest BCUT2D eigenvalue weighted by molar-refractivity contribution is -0.121. The van der Waals surface area contributed by atoms with E-state index in [1.54, 1.807) is 0 Å². The summed E-state index contributed by atoms with van der Waals surface area (Å²) in [6, 6.07) is 8.25. The number of halogens is 3. The van der Waals surface area contributed by atoms with Crippen molar-refractivity contribution >= 4 is 17.6 Å². The van der Waals surface area contributed by atoms with E-state index in [0.29, 0.717) is 18.8 Å². The molecule has 0 bridgehead atoms. The minimum atomic E-state index is -0.745. The number of nitrogens with one attached hydrogen (secondary N) is 1. The smallest absolute Gasteiger partial charge is 0.325 e. The van der Waals surface area contributed by atoms with Crippen LogP contribution in [0.4, 0.5) is 23.7 Å². The summed E-state index contributed by atoms with van der Waals surface area (Å²) < 4.78 is 39.4. The monoisotopic (exact) mass is 363 g/mol. The highest BCUT2D eigenvalue weighted by Crippen LogP contribution is 2.20. The Bertz CT molecular complexity index is 827. The Hall–Kier alpha value is -3.03. The van der Waals surface area contributed by atoms with E-state index in [4.69, 9.17) is 0 Å². The van der Waals surface area contributed by atoms with Gasteiger partial charge < -0.3 is 10.2 Å². The van der Waals surface area contributed by atoms with E-state index in [0.717, 1.165) is 12.1 Å². The Balaban J connectivity index is 1.54. The molecule has 0 aliphatic carbocycles. The van der Waals surface area contributed by atoms with Gasteiger partial charge in [-0.1, -0.05) is 6.07 Å². The van der Waals surface area contributed by atoms with E-state index in [2.05, 4.69) is 5.32 Å². The van der Waals surface area contributed by atoms with Crippen molar-refractivity contribution in [1.82, 2.24) is 10.2 Å². The summed E-state index contributed by atoms with van der Waals surface area (Å²) in [5.74, 6) is -2.29. The second-order valence-electron chi connectivity index (χ2n) is 5.84. The predicted molar refractivity (Wildman–Crippen MR) is 88.9 cm³/mol. The van der Waals surface area contributed by atoms with Crippen molar-refractivity contribution in [2.45, 2.75) is 6.54 Å². The Morgan fingerprint density at radius 1 is 1.00 bits per heavy atom. The summed E-state index contributed by atoms with van der Waals surface area (Å²) in [6.07, 6.45) is 0. The minimum Gasteiger partial charge on any atom is -0.350 e. The van der Waals surface area contributed by atoms with E-state index in [9.17, 15) is 22.8 Å². The third kappa shape index (κ3) is 3.96. The van der Waals surface area contributed by atoms with E-state index < -0.39 is 23.4 Å². The molecule has 0 radical (unpaired) electrons. The molecule has 1 heterocycles. The molecule has 3 amide bonds. The molecule has 3 rings (SSSR count). The predicted octanol–water partition coefficient (Wildman–Crippen LogP) is 2.66. The van der Waals surface area contributed by atoms with Crippen LogP contribution in [0.3, 0.4) is 0 Å². The molecule has 1 saturated heterocycles. The molecule has 2 aromatic carbocycles. The second kappa shape index (κ2) is 7.47. The zero-order chi connectivity index (χ0) is 18.7. The van der Waals surface area contributed by atoms with Crippen molar-refractivity contribution in [1.29, 1.82) is 0 Å². The van der Waals surface area contributed by atoms with Crippen molar-refractivity contribution in [3.05, 3.63) is 65.5 Å². The van der Waals surface area contributed by atoms with Gasteiger partial charge in [0.15, 0.2) is 0 Å². The summed E-state index contributed by atoms with van der Waals surface area (Å²) in [5, 5.41) is 2.51. The number of amides is 3. The first-order valence-electron chi connectivity index (χ1n) is 7.96. The zero-order valence-electron chi connectivity index (χ0n) is 13.7. The average Bonchev–Trinajstić information content (AvgIpc) is 2.95. The summed E-state index contributed by atoms with van der Waals surface area (Å²) in [4.78, 5) is 27.2. The number of benzene rings is 2. The molecule has 2 aromatic rings. The molecular weight excluding hydrogens is 347 g/mol. The molecule has 0 atom stereocenters. The maximum atomic E-state index is 13.5. The minimum absolute atomic E-state index is 0.103. The molecule has 1 aliphatic heterocycles. The van der Waals surface area contributed by atoms with Gasteiger partial charge in [-0.25, -0.2) is 18.0 Å². The van der Waals surface area contributed by atoms with E-state index in [1.165, 1.54) is 40.1 Å². The molecular formula is C18H16F3N3O2. The maximum absolute atomic E-state index is 13.5. The summed E-state index contributed by atoms with van der Waals surface area (Å²) in [7, 11) is 0. The quantitative estimate of drug-likeness (QED) is 0.888. The number of nitrogens with zero attached hydrogens (tertiary/aromatic N) is 2. The molecule has 8 heteroatoms. The lowest BCUT2D eigenvalue weighted by Gasteiger charge is -2.18. The Morgan fingerprint density at radius 2 is 1.69 bits per heavy atom. The highest BCUT2D eigenvalue weighted by molar-refractivity contribution is 5.96. The number of hydrogen-bond acceptors (Lipinski definition) is 2. The Morgan fingerprint density at radius 3 is 2.38 bits per heavy atom. The lowest BCUT2D eigenvalue weighted by atomic mass is 10.2. The SMILES string of the molecule is O=C(CN1CCN(c2ccc(F)cc2)C1=O)NCc1ccc(F)cc1F.